The molecule has 0 unspecified atom stereocenters. The molecule has 0 aliphatic carbocycles. The molecule has 0 heterocycles. The predicted molar refractivity (Wildman–Crippen MR) is 78.1 cm³/mol. The van der Waals surface area contributed by atoms with Crippen LogP contribution in [-0.2, 0) is 21.4 Å². The minimum Gasteiger partial charge on any atom is -0.392 e. The van der Waals surface area contributed by atoms with E-state index in [1.54, 1.807) is 13.0 Å². The molecule has 0 amide bonds. The fraction of sp³-hybridized carbons (Fsp3) is 0.571. The first-order valence-electron chi connectivity index (χ1n) is 6.60. The SMILES string of the molecule is Cc1cc(C)c(S(=O)(=O)NCCOC(C)C)cc1CO. The minimum atomic E-state index is -3.58. The van der Waals surface area contributed by atoms with Gasteiger partial charge in [-0.05, 0) is 50.5 Å². The standard InChI is InChI=1S/C14H23NO4S/c1-10(2)19-6-5-15-20(17,18)14-8-13(9-16)11(3)7-12(14)4/h7-8,10,15-16H,5-6,9H2,1-4H3. The summed E-state index contributed by atoms with van der Waals surface area (Å²) in [5.74, 6) is 0. The van der Waals surface area contributed by atoms with E-state index in [1.807, 2.05) is 20.8 Å². The molecule has 0 radical (unpaired) electrons. The van der Waals surface area contributed by atoms with Crippen LogP contribution in [0.25, 0.3) is 0 Å². The number of sulfonamides is 1. The van der Waals surface area contributed by atoms with Gasteiger partial charge in [-0.15, -0.1) is 0 Å². The summed E-state index contributed by atoms with van der Waals surface area (Å²) >= 11 is 0. The van der Waals surface area contributed by atoms with Crippen LogP contribution < -0.4 is 4.72 Å². The number of aryl methyl sites for hydroxylation is 2. The highest BCUT2D eigenvalue weighted by Gasteiger charge is 2.18. The Bertz CT molecular complexity index is 553. The molecular weight excluding hydrogens is 278 g/mol. The fourth-order valence-electron chi connectivity index (χ4n) is 1.88. The van der Waals surface area contributed by atoms with Crippen LogP contribution in [0.4, 0.5) is 0 Å². The average molecular weight is 301 g/mol. The van der Waals surface area contributed by atoms with Gasteiger partial charge in [-0.3, -0.25) is 0 Å². The molecular formula is C14H23NO4S. The second kappa shape index (κ2) is 7.17. The monoisotopic (exact) mass is 301 g/mol. The molecule has 5 nitrogen and oxygen atoms in total. The van der Waals surface area contributed by atoms with Crippen LogP contribution >= 0.6 is 0 Å². The Kier molecular flexibility index (Phi) is 6.13. The lowest BCUT2D eigenvalue weighted by Gasteiger charge is -2.13. The molecule has 0 saturated carbocycles. The van der Waals surface area contributed by atoms with E-state index in [-0.39, 0.29) is 24.2 Å². The van der Waals surface area contributed by atoms with Crippen molar-refractivity contribution in [2.75, 3.05) is 13.2 Å². The maximum atomic E-state index is 12.2. The molecule has 2 N–H and O–H groups in total. The smallest absolute Gasteiger partial charge is 0.240 e. The van der Waals surface area contributed by atoms with Crippen LogP contribution in [0.3, 0.4) is 0 Å². The molecule has 6 heteroatoms. The zero-order valence-corrected chi connectivity index (χ0v) is 13.3. The fourth-order valence-corrected chi connectivity index (χ4v) is 3.17. The Balaban J connectivity index is 2.87. The first-order valence-corrected chi connectivity index (χ1v) is 8.08. The highest BCUT2D eigenvalue weighted by atomic mass is 32.2. The first kappa shape index (κ1) is 17.1. The Hall–Kier alpha value is -0.950. The van der Waals surface area contributed by atoms with Crippen molar-refractivity contribution in [1.29, 1.82) is 0 Å². The normalized spacial score (nSPS) is 12.1. The van der Waals surface area contributed by atoms with Gasteiger partial charge in [0.25, 0.3) is 0 Å². The van der Waals surface area contributed by atoms with Crippen molar-refractivity contribution in [3.63, 3.8) is 0 Å². The highest BCUT2D eigenvalue weighted by molar-refractivity contribution is 7.89. The second-order valence-corrected chi connectivity index (χ2v) is 6.75. The Morgan fingerprint density at radius 3 is 2.45 bits per heavy atom. The van der Waals surface area contributed by atoms with Gasteiger partial charge in [0.15, 0.2) is 0 Å². The second-order valence-electron chi connectivity index (χ2n) is 5.02. The topological polar surface area (TPSA) is 75.6 Å². The van der Waals surface area contributed by atoms with Crippen LogP contribution in [0.2, 0.25) is 0 Å². The molecule has 0 bridgehead atoms. The quantitative estimate of drug-likeness (QED) is 0.748. The number of hydrogen-bond donors (Lipinski definition) is 2. The lowest BCUT2D eigenvalue weighted by Crippen LogP contribution is -2.29. The molecule has 0 saturated heterocycles. The number of nitrogens with one attached hydrogen (secondary N) is 1. The van der Waals surface area contributed by atoms with Gasteiger partial charge < -0.3 is 9.84 Å². The maximum Gasteiger partial charge on any atom is 0.240 e. The first-order chi connectivity index (χ1) is 9.27. The zero-order valence-electron chi connectivity index (χ0n) is 12.4. The number of aliphatic hydroxyl groups is 1. The van der Waals surface area contributed by atoms with Crippen molar-refractivity contribution >= 4 is 10.0 Å². The summed E-state index contributed by atoms with van der Waals surface area (Å²) in [6, 6.07) is 3.29. The molecule has 1 aromatic rings. The summed E-state index contributed by atoms with van der Waals surface area (Å²) in [5.41, 5.74) is 2.17. The molecule has 0 fully saturated rings. The summed E-state index contributed by atoms with van der Waals surface area (Å²) in [4.78, 5) is 0.205. The zero-order chi connectivity index (χ0) is 15.3. The molecule has 0 atom stereocenters. The lowest BCUT2D eigenvalue weighted by atomic mass is 10.1. The molecule has 0 aliphatic rings. The third-order valence-corrected chi connectivity index (χ3v) is 4.54. The Labute approximate surface area is 121 Å². The van der Waals surface area contributed by atoms with E-state index in [0.717, 1.165) is 5.56 Å². The number of hydrogen-bond acceptors (Lipinski definition) is 4. The van der Waals surface area contributed by atoms with Crippen LogP contribution in [0.1, 0.15) is 30.5 Å². The van der Waals surface area contributed by atoms with E-state index in [9.17, 15) is 13.5 Å². The van der Waals surface area contributed by atoms with E-state index in [1.165, 1.54) is 6.07 Å². The maximum absolute atomic E-state index is 12.2. The van der Waals surface area contributed by atoms with Gasteiger partial charge in [-0.2, -0.15) is 0 Å². The van der Waals surface area contributed by atoms with E-state index in [0.29, 0.717) is 17.7 Å². The van der Waals surface area contributed by atoms with Crippen molar-refractivity contribution in [3.8, 4) is 0 Å². The number of aliphatic hydroxyl groups excluding tert-OH is 1. The summed E-state index contributed by atoms with van der Waals surface area (Å²) in [5, 5.41) is 9.24. The third kappa shape index (κ3) is 4.56. The molecule has 0 aromatic heterocycles. The molecule has 20 heavy (non-hydrogen) atoms. The van der Waals surface area contributed by atoms with Crippen molar-refractivity contribution in [2.45, 2.75) is 45.3 Å². The number of benzene rings is 1. The summed E-state index contributed by atoms with van der Waals surface area (Å²) in [6.45, 7) is 7.76. The minimum absolute atomic E-state index is 0.0709. The van der Waals surface area contributed by atoms with Crippen molar-refractivity contribution in [3.05, 3.63) is 28.8 Å². The van der Waals surface area contributed by atoms with Crippen molar-refractivity contribution in [2.24, 2.45) is 0 Å². The van der Waals surface area contributed by atoms with Crippen molar-refractivity contribution < 1.29 is 18.3 Å². The molecule has 1 rings (SSSR count). The number of ether oxygens (including phenoxy) is 1. The average Bonchev–Trinajstić information content (AvgIpc) is 2.34. The molecule has 114 valence electrons. The van der Waals surface area contributed by atoms with Gasteiger partial charge >= 0.3 is 0 Å². The Morgan fingerprint density at radius 2 is 1.90 bits per heavy atom. The van der Waals surface area contributed by atoms with Crippen LogP contribution in [-0.4, -0.2) is 32.8 Å². The summed E-state index contributed by atoms with van der Waals surface area (Å²) in [7, 11) is -3.58. The van der Waals surface area contributed by atoms with Crippen molar-refractivity contribution in [1.82, 2.24) is 4.72 Å². The van der Waals surface area contributed by atoms with Crippen LogP contribution in [0.15, 0.2) is 17.0 Å². The largest absolute Gasteiger partial charge is 0.392 e. The third-order valence-electron chi connectivity index (χ3n) is 2.94. The van der Waals surface area contributed by atoms with Gasteiger partial charge in [0.2, 0.25) is 10.0 Å². The highest BCUT2D eigenvalue weighted by Crippen LogP contribution is 2.20. The van der Waals surface area contributed by atoms with E-state index >= 15 is 0 Å². The predicted octanol–water partition coefficient (Wildman–Crippen LogP) is 1.50. The van der Waals surface area contributed by atoms with E-state index in [4.69, 9.17) is 4.74 Å². The molecule has 0 aliphatic heterocycles. The molecule has 1 aromatic carbocycles. The van der Waals surface area contributed by atoms with Gasteiger partial charge in [0, 0.05) is 6.54 Å². The van der Waals surface area contributed by atoms with Gasteiger partial charge in [0.1, 0.15) is 0 Å². The van der Waals surface area contributed by atoms with Crippen LogP contribution in [0, 0.1) is 13.8 Å². The Morgan fingerprint density at radius 1 is 1.25 bits per heavy atom. The van der Waals surface area contributed by atoms with Crippen LogP contribution in [0.5, 0.6) is 0 Å². The summed E-state index contributed by atoms with van der Waals surface area (Å²) in [6.07, 6.45) is 0.0709. The summed E-state index contributed by atoms with van der Waals surface area (Å²) < 4.78 is 32.3. The lowest BCUT2D eigenvalue weighted by molar-refractivity contribution is 0.0834. The number of rotatable bonds is 7. The van der Waals surface area contributed by atoms with E-state index < -0.39 is 10.0 Å². The van der Waals surface area contributed by atoms with Gasteiger partial charge in [-0.1, -0.05) is 6.07 Å². The molecule has 0 spiro atoms. The van der Waals surface area contributed by atoms with Gasteiger partial charge in [0.05, 0.1) is 24.2 Å². The van der Waals surface area contributed by atoms with E-state index in [2.05, 4.69) is 4.72 Å². The van der Waals surface area contributed by atoms with Gasteiger partial charge in [-0.25, -0.2) is 13.1 Å².